The van der Waals surface area contributed by atoms with E-state index in [0.29, 0.717) is 11.8 Å². The van der Waals surface area contributed by atoms with Crippen LogP contribution in [0.25, 0.3) is 16.8 Å². The maximum absolute atomic E-state index is 5.20. The Balaban J connectivity index is 1.20. The van der Waals surface area contributed by atoms with Gasteiger partial charge in [0, 0.05) is 71.5 Å². The number of hydrogen-bond donors (Lipinski definition) is 0. The highest BCUT2D eigenvalue weighted by Crippen LogP contribution is 2.44. The molecule has 0 bridgehead atoms. The number of fused-ring (bicyclic) bond motifs is 4. The van der Waals surface area contributed by atoms with Gasteiger partial charge in [0.25, 0.3) is 6.71 Å². The van der Waals surface area contributed by atoms with E-state index in [1.807, 2.05) is 12.4 Å². The molecule has 3 aliphatic heterocycles. The molecule has 0 fully saturated rings. The van der Waals surface area contributed by atoms with Crippen LogP contribution in [-0.2, 0) is 0 Å². The minimum Gasteiger partial charge on any atom is -0.361 e. The Labute approximate surface area is 329 Å². The molecule has 274 valence electrons. The molecule has 0 spiro atoms. The number of pyridine rings is 1. The van der Waals surface area contributed by atoms with Gasteiger partial charge in [-0.15, -0.1) is 0 Å². The summed E-state index contributed by atoms with van der Waals surface area (Å²) in [6.07, 6.45) is 10.5. The first-order chi connectivity index (χ1) is 27.4. The number of anilines is 7. The van der Waals surface area contributed by atoms with Gasteiger partial charge in [-0.1, -0.05) is 82.3 Å². The maximum atomic E-state index is 5.20. The molecule has 10 rings (SSSR count). The van der Waals surface area contributed by atoms with E-state index in [4.69, 9.17) is 10.1 Å². The molecule has 0 saturated carbocycles. The van der Waals surface area contributed by atoms with Crippen molar-refractivity contribution >= 4 is 63.0 Å². The smallest absolute Gasteiger partial charge is 0.254 e. The van der Waals surface area contributed by atoms with Crippen LogP contribution < -0.4 is 31.1 Å². The Hall–Kier alpha value is -6.54. The van der Waals surface area contributed by atoms with Crippen molar-refractivity contribution in [3.05, 3.63) is 163 Å². The second-order valence-corrected chi connectivity index (χ2v) is 15.8. The van der Waals surface area contributed by atoms with Crippen molar-refractivity contribution in [2.45, 2.75) is 39.5 Å². The molecule has 5 heterocycles. The number of benzene rings is 5. The number of aromatic nitrogens is 3. The van der Waals surface area contributed by atoms with E-state index in [9.17, 15) is 0 Å². The fourth-order valence-corrected chi connectivity index (χ4v) is 8.97. The lowest BCUT2D eigenvalue weighted by Gasteiger charge is -2.43. The summed E-state index contributed by atoms with van der Waals surface area (Å²) in [6, 6.07) is 44.1. The molecule has 7 nitrogen and oxygen atoms in total. The molecule has 7 aromatic rings. The lowest BCUT2D eigenvalue weighted by atomic mass is 9.33. The third kappa shape index (κ3) is 5.42. The molecule has 5 aromatic carbocycles. The summed E-state index contributed by atoms with van der Waals surface area (Å²) < 4.78 is 2.06. The Kier molecular flexibility index (Phi) is 8.10. The van der Waals surface area contributed by atoms with Gasteiger partial charge in [-0.05, 0) is 112 Å². The van der Waals surface area contributed by atoms with Crippen molar-refractivity contribution in [1.82, 2.24) is 19.7 Å². The molecular weight excluding hydrogens is 685 g/mol. The average Bonchev–Trinajstić information content (AvgIpc) is 3.90. The summed E-state index contributed by atoms with van der Waals surface area (Å²) in [4.78, 5) is 14.5. The number of rotatable bonds is 7. The third-order valence-corrected chi connectivity index (χ3v) is 11.6. The molecule has 2 aromatic heterocycles. The van der Waals surface area contributed by atoms with Crippen LogP contribution in [0.2, 0.25) is 0 Å². The van der Waals surface area contributed by atoms with E-state index < -0.39 is 0 Å². The summed E-state index contributed by atoms with van der Waals surface area (Å²) in [5, 5.41) is 5.05. The summed E-state index contributed by atoms with van der Waals surface area (Å²) in [7, 11) is 2.11. The fraction of sp³-hybridized carbons (Fsp3) is 0.167. The van der Waals surface area contributed by atoms with Gasteiger partial charge < -0.3 is 14.7 Å². The van der Waals surface area contributed by atoms with Crippen LogP contribution in [0.5, 0.6) is 0 Å². The normalized spacial score (nSPS) is 14.2. The number of para-hydroxylation sites is 2. The van der Waals surface area contributed by atoms with Crippen LogP contribution in [-0.4, -0.2) is 40.1 Å². The van der Waals surface area contributed by atoms with Crippen LogP contribution in [0.1, 0.15) is 50.7 Å². The van der Waals surface area contributed by atoms with Gasteiger partial charge in [-0.25, -0.2) is 9.67 Å². The van der Waals surface area contributed by atoms with Gasteiger partial charge in [0.05, 0.1) is 18.6 Å². The Bertz CT molecular complexity index is 2590. The second kappa shape index (κ2) is 13.3. The van der Waals surface area contributed by atoms with Crippen molar-refractivity contribution in [2.75, 3.05) is 28.4 Å². The van der Waals surface area contributed by atoms with Crippen LogP contribution in [0.4, 0.5) is 39.9 Å². The third-order valence-electron chi connectivity index (χ3n) is 11.6. The molecule has 3 aliphatic rings. The van der Waals surface area contributed by atoms with Gasteiger partial charge >= 0.3 is 0 Å². The SMILES string of the molecule is CC(C)c1cccc(C(C)C)c1-c1cnn(-c2ccc3c(c2)B2c4cc(N5C=CN(C)C5)ccc4N(c4ccccc4)c4ccnc(c42)N3c2ccccc2)c1. The topological polar surface area (TPSA) is 43.7 Å². The predicted molar refractivity (Wildman–Crippen MR) is 233 cm³/mol. The highest BCUT2D eigenvalue weighted by Gasteiger charge is 2.44. The molecule has 0 aliphatic carbocycles. The molecule has 0 N–H and O–H groups in total. The van der Waals surface area contributed by atoms with E-state index in [-0.39, 0.29) is 6.71 Å². The summed E-state index contributed by atoms with van der Waals surface area (Å²) in [5.74, 6) is 1.74. The van der Waals surface area contributed by atoms with E-state index in [2.05, 4.69) is 199 Å². The Morgan fingerprint density at radius 3 is 1.88 bits per heavy atom. The molecule has 0 unspecified atom stereocenters. The van der Waals surface area contributed by atoms with Crippen molar-refractivity contribution in [3.8, 4) is 16.8 Å². The number of hydrogen-bond acceptors (Lipinski definition) is 6. The monoisotopic (exact) mass is 729 g/mol. The van der Waals surface area contributed by atoms with Crippen LogP contribution in [0.3, 0.4) is 0 Å². The van der Waals surface area contributed by atoms with Crippen LogP contribution in [0, 0.1) is 0 Å². The zero-order valence-electron chi connectivity index (χ0n) is 32.5. The molecule has 0 amide bonds. The maximum Gasteiger partial charge on any atom is 0.254 e. The zero-order valence-corrected chi connectivity index (χ0v) is 32.5. The predicted octanol–water partition coefficient (Wildman–Crippen LogP) is 9.44. The van der Waals surface area contributed by atoms with Gasteiger partial charge in [-0.3, -0.25) is 4.90 Å². The first-order valence-corrected chi connectivity index (χ1v) is 19.7. The zero-order chi connectivity index (χ0) is 38.1. The Morgan fingerprint density at radius 2 is 1.23 bits per heavy atom. The second-order valence-electron chi connectivity index (χ2n) is 15.8. The molecule has 56 heavy (non-hydrogen) atoms. The first-order valence-electron chi connectivity index (χ1n) is 19.7. The molecule has 8 heteroatoms. The molecule has 0 atom stereocenters. The van der Waals surface area contributed by atoms with Gasteiger partial charge in [0.15, 0.2) is 0 Å². The first kappa shape index (κ1) is 34.0. The fourth-order valence-electron chi connectivity index (χ4n) is 8.97. The van der Waals surface area contributed by atoms with E-state index in [1.165, 1.54) is 38.8 Å². The van der Waals surface area contributed by atoms with Gasteiger partial charge in [-0.2, -0.15) is 5.10 Å². The highest BCUT2D eigenvalue weighted by molar-refractivity contribution is 7.00. The minimum absolute atomic E-state index is 0.0768. The Morgan fingerprint density at radius 1 is 0.607 bits per heavy atom. The van der Waals surface area contributed by atoms with Crippen LogP contribution in [0.15, 0.2) is 152 Å². The quantitative estimate of drug-likeness (QED) is 0.152. The van der Waals surface area contributed by atoms with E-state index >= 15 is 0 Å². The van der Waals surface area contributed by atoms with Crippen molar-refractivity contribution in [1.29, 1.82) is 0 Å². The number of nitrogens with zero attached hydrogens (tertiary/aromatic N) is 7. The van der Waals surface area contributed by atoms with Gasteiger partial charge in [0.2, 0.25) is 0 Å². The summed E-state index contributed by atoms with van der Waals surface area (Å²) in [6.45, 7) is 9.84. The molecule has 0 saturated heterocycles. The minimum atomic E-state index is -0.0768. The lowest BCUT2D eigenvalue weighted by Crippen LogP contribution is -2.61. The largest absolute Gasteiger partial charge is 0.361 e. The van der Waals surface area contributed by atoms with Crippen molar-refractivity contribution in [2.24, 2.45) is 0 Å². The van der Waals surface area contributed by atoms with Crippen molar-refractivity contribution < 1.29 is 0 Å². The molecular formula is C48H44BN7. The lowest BCUT2D eigenvalue weighted by molar-refractivity contribution is 0.496. The van der Waals surface area contributed by atoms with Gasteiger partial charge in [0.1, 0.15) is 5.82 Å². The van der Waals surface area contributed by atoms with E-state index in [0.717, 1.165) is 52.2 Å². The summed E-state index contributed by atoms with van der Waals surface area (Å²) in [5.41, 5.74) is 16.6. The van der Waals surface area contributed by atoms with Crippen molar-refractivity contribution in [3.63, 3.8) is 0 Å². The standard InChI is InChI=1S/C48H44BN7/c1-32(2)39-17-12-18-40(33(3)4)46(39)34-29-51-54(30-34)38-20-22-44-42(28-38)49-41-27-37(53-26-25-52(5)31-53)19-21-43(41)55(35-13-8-6-9-14-35)45-23-24-50-48(47(45)49)56(44)36-15-10-7-11-16-36/h6-30,32-33H,31H2,1-5H3. The van der Waals surface area contributed by atoms with Crippen LogP contribution >= 0.6 is 0 Å². The summed E-state index contributed by atoms with van der Waals surface area (Å²) >= 11 is 0. The molecule has 0 radical (unpaired) electrons. The average molecular weight is 730 g/mol. The van der Waals surface area contributed by atoms with E-state index in [1.54, 1.807) is 0 Å². The highest BCUT2D eigenvalue weighted by atomic mass is 15.3.